The SMILES string of the molecule is CCCNC(=O)[C@@H](C)N(Cc1ccccc1C)C(=O)CN(c1ccccc1C(C)C)S(C)(=O)=O. The van der Waals surface area contributed by atoms with E-state index in [9.17, 15) is 18.0 Å². The quantitative estimate of drug-likeness (QED) is 0.522. The molecular weight excluding hydrogens is 450 g/mol. The number of anilines is 1. The Labute approximate surface area is 204 Å². The first kappa shape index (κ1) is 27.4. The standard InChI is InChI=1S/C26H37N3O4S/c1-7-16-27-26(31)21(5)28(17-22-13-9-8-12-20(22)4)25(30)18-29(34(6,32)33)24-15-11-10-14-23(24)19(2)3/h8-15,19,21H,7,16-18H2,1-6H3,(H,27,31)/t21-/m1/s1. The molecule has 0 aliphatic carbocycles. The van der Waals surface area contributed by atoms with Crippen molar-refractivity contribution in [2.75, 3.05) is 23.7 Å². The Morgan fingerprint density at radius 2 is 1.62 bits per heavy atom. The Kier molecular flexibility index (Phi) is 9.67. The predicted molar refractivity (Wildman–Crippen MR) is 137 cm³/mol. The number of amides is 2. The highest BCUT2D eigenvalue weighted by Crippen LogP contribution is 2.29. The van der Waals surface area contributed by atoms with Gasteiger partial charge >= 0.3 is 0 Å². The molecular formula is C26H37N3O4S. The molecule has 0 aliphatic heterocycles. The first-order valence-electron chi connectivity index (χ1n) is 11.7. The van der Waals surface area contributed by atoms with Gasteiger partial charge < -0.3 is 10.2 Å². The second-order valence-electron chi connectivity index (χ2n) is 8.90. The highest BCUT2D eigenvalue weighted by Gasteiger charge is 2.31. The van der Waals surface area contributed by atoms with Gasteiger partial charge in [-0.25, -0.2) is 8.42 Å². The zero-order valence-corrected chi connectivity index (χ0v) is 21.9. The van der Waals surface area contributed by atoms with Gasteiger partial charge in [-0.2, -0.15) is 0 Å². The molecule has 7 nitrogen and oxygen atoms in total. The number of hydrogen-bond acceptors (Lipinski definition) is 4. The fraction of sp³-hybridized carbons (Fsp3) is 0.462. The molecule has 1 N–H and O–H groups in total. The molecule has 0 bridgehead atoms. The highest BCUT2D eigenvalue weighted by atomic mass is 32.2. The maximum Gasteiger partial charge on any atom is 0.244 e. The summed E-state index contributed by atoms with van der Waals surface area (Å²) in [7, 11) is -3.76. The van der Waals surface area contributed by atoms with Crippen LogP contribution in [-0.2, 0) is 26.2 Å². The van der Waals surface area contributed by atoms with E-state index < -0.39 is 22.0 Å². The summed E-state index contributed by atoms with van der Waals surface area (Å²) in [5, 5.41) is 2.84. The minimum atomic E-state index is -3.76. The molecule has 186 valence electrons. The molecule has 0 radical (unpaired) electrons. The summed E-state index contributed by atoms with van der Waals surface area (Å²) in [5.41, 5.74) is 3.21. The van der Waals surface area contributed by atoms with E-state index in [1.807, 2.05) is 64.1 Å². The van der Waals surface area contributed by atoms with E-state index >= 15 is 0 Å². The van der Waals surface area contributed by atoms with Gasteiger partial charge in [0.25, 0.3) is 0 Å². The molecule has 2 aromatic rings. The van der Waals surface area contributed by atoms with Gasteiger partial charge in [0.15, 0.2) is 0 Å². The number of sulfonamides is 1. The van der Waals surface area contributed by atoms with Crippen LogP contribution in [0, 0.1) is 6.92 Å². The third-order valence-electron chi connectivity index (χ3n) is 5.83. The van der Waals surface area contributed by atoms with Crippen molar-refractivity contribution in [3.63, 3.8) is 0 Å². The van der Waals surface area contributed by atoms with Crippen molar-refractivity contribution in [2.45, 2.75) is 59.5 Å². The summed E-state index contributed by atoms with van der Waals surface area (Å²) in [5.74, 6) is -0.638. The van der Waals surface area contributed by atoms with Crippen molar-refractivity contribution in [1.29, 1.82) is 0 Å². The number of hydrogen-bond donors (Lipinski definition) is 1. The van der Waals surface area contributed by atoms with Gasteiger partial charge in [-0.1, -0.05) is 63.2 Å². The molecule has 1 atom stereocenters. The molecule has 8 heteroatoms. The minimum absolute atomic E-state index is 0.0670. The van der Waals surface area contributed by atoms with Crippen LogP contribution < -0.4 is 9.62 Å². The van der Waals surface area contributed by atoms with Crippen molar-refractivity contribution in [1.82, 2.24) is 10.2 Å². The van der Waals surface area contributed by atoms with Gasteiger partial charge in [0.05, 0.1) is 11.9 Å². The van der Waals surface area contributed by atoms with Crippen LogP contribution in [0.1, 0.15) is 56.7 Å². The lowest BCUT2D eigenvalue weighted by Crippen LogP contribution is -2.51. The summed E-state index contributed by atoms with van der Waals surface area (Å²) in [6, 6.07) is 14.1. The van der Waals surface area contributed by atoms with Crippen molar-refractivity contribution in [3.8, 4) is 0 Å². The number of aryl methyl sites for hydroxylation is 1. The van der Waals surface area contributed by atoms with Gasteiger partial charge in [-0.05, 0) is 48.9 Å². The Morgan fingerprint density at radius 3 is 2.21 bits per heavy atom. The van der Waals surface area contributed by atoms with E-state index in [-0.39, 0.29) is 24.9 Å². The fourth-order valence-corrected chi connectivity index (χ4v) is 4.62. The summed E-state index contributed by atoms with van der Waals surface area (Å²) in [6.45, 7) is 9.85. The fourth-order valence-electron chi connectivity index (χ4n) is 3.75. The summed E-state index contributed by atoms with van der Waals surface area (Å²) in [4.78, 5) is 27.9. The first-order chi connectivity index (χ1) is 16.0. The minimum Gasteiger partial charge on any atom is -0.354 e. The Morgan fingerprint density at radius 1 is 1.00 bits per heavy atom. The van der Waals surface area contributed by atoms with E-state index in [0.717, 1.165) is 33.7 Å². The van der Waals surface area contributed by atoms with Gasteiger partial charge in [0.1, 0.15) is 12.6 Å². The molecule has 0 fully saturated rings. The highest BCUT2D eigenvalue weighted by molar-refractivity contribution is 7.92. The molecule has 0 aliphatic rings. The Bertz CT molecular complexity index is 1100. The maximum absolute atomic E-state index is 13.6. The average molecular weight is 488 g/mol. The molecule has 2 amide bonds. The van der Waals surface area contributed by atoms with Crippen LogP contribution in [0.2, 0.25) is 0 Å². The number of rotatable bonds is 11. The molecule has 0 heterocycles. The van der Waals surface area contributed by atoms with Gasteiger partial charge in [0, 0.05) is 13.1 Å². The van der Waals surface area contributed by atoms with Crippen LogP contribution in [-0.4, -0.2) is 50.5 Å². The van der Waals surface area contributed by atoms with Crippen molar-refractivity contribution in [2.24, 2.45) is 0 Å². The van der Waals surface area contributed by atoms with Crippen LogP contribution >= 0.6 is 0 Å². The van der Waals surface area contributed by atoms with Crippen LogP contribution in [0.15, 0.2) is 48.5 Å². The molecule has 2 aromatic carbocycles. The molecule has 34 heavy (non-hydrogen) atoms. The van der Waals surface area contributed by atoms with Crippen molar-refractivity contribution >= 4 is 27.5 Å². The zero-order chi connectivity index (χ0) is 25.5. The van der Waals surface area contributed by atoms with Crippen LogP contribution in [0.25, 0.3) is 0 Å². The summed E-state index contributed by atoms with van der Waals surface area (Å²) < 4.78 is 26.7. The second-order valence-corrected chi connectivity index (χ2v) is 10.8. The predicted octanol–water partition coefficient (Wildman–Crippen LogP) is 3.83. The normalized spacial score (nSPS) is 12.3. The van der Waals surface area contributed by atoms with E-state index in [1.54, 1.807) is 19.1 Å². The van der Waals surface area contributed by atoms with Gasteiger partial charge in [-0.3, -0.25) is 13.9 Å². The van der Waals surface area contributed by atoms with Gasteiger partial charge in [-0.15, -0.1) is 0 Å². The third kappa shape index (κ3) is 7.06. The van der Waals surface area contributed by atoms with Crippen LogP contribution in [0.3, 0.4) is 0 Å². The van der Waals surface area contributed by atoms with Crippen LogP contribution in [0.4, 0.5) is 5.69 Å². The van der Waals surface area contributed by atoms with Gasteiger partial charge in [0.2, 0.25) is 21.8 Å². The summed E-state index contributed by atoms with van der Waals surface area (Å²) >= 11 is 0. The lowest BCUT2D eigenvalue weighted by atomic mass is 10.0. The van der Waals surface area contributed by atoms with Crippen LogP contribution in [0.5, 0.6) is 0 Å². The largest absolute Gasteiger partial charge is 0.354 e. The van der Waals surface area contributed by atoms with Crippen molar-refractivity contribution in [3.05, 3.63) is 65.2 Å². The van der Waals surface area contributed by atoms with E-state index in [2.05, 4.69) is 5.32 Å². The summed E-state index contributed by atoms with van der Waals surface area (Å²) in [6.07, 6.45) is 1.87. The van der Waals surface area contributed by atoms with E-state index in [1.165, 1.54) is 4.90 Å². The Balaban J connectivity index is 2.45. The number of nitrogens with zero attached hydrogens (tertiary/aromatic N) is 2. The van der Waals surface area contributed by atoms with E-state index in [0.29, 0.717) is 12.2 Å². The molecule has 0 saturated heterocycles. The Hall–Kier alpha value is -2.87. The smallest absolute Gasteiger partial charge is 0.244 e. The molecule has 0 aromatic heterocycles. The monoisotopic (exact) mass is 487 g/mol. The van der Waals surface area contributed by atoms with E-state index in [4.69, 9.17) is 0 Å². The number of benzene rings is 2. The van der Waals surface area contributed by atoms with Crippen molar-refractivity contribution < 1.29 is 18.0 Å². The topological polar surface area (TPSA) is 86.8 Å². The lowest BCUT2D eigenvalue weighted by molar-refractivity contribution is -0.139. The maximum atomic E-state index is 13.6. The number of carbonyl (C=O) groups is 2. The average Bonchev–Trinajstić information content (AvgIpc) is 2.79. The number of nitrogens with one attached hydrogen (secondary N) is 1. The number of para-hydroxylation sites is 1. The molecule has 0 spiro atoms. The molecule has 2 rings (SSSR count). The third-order valence-corrected chi connectivity index (χ3v) is 6.95. The second kappa shape index (κ2) is 12.0. The molecule has 0 unspecified atom stereocenters. The first-order valence-corrected chi connectivity index (χ1v) is 13.5. The lowest BCUT2D eigenvalue weighted by Gasteiger charge is -2.32. The zero-order valence-electron chi connectivity index (χ0n) is 21.0. The number of carbonyl (C=O) groups excluding carboxylic acids is 2. The molecule has 0 saturated carbocycles.